The fourth-order valence-corrected chi connectivity index (χ4v) is 2.60. The van der Waals surface area contributed by atoms with Crippen LogP contribution >= 0.6 is 27.5 Å². The largest absolute Gasteiger partial charge is 0.324 e. The molecule has 0 saturated carbocycles. The second kappa shape index (κ2) is 5.83. The number of benzene rings is 2. The molecular formula is C14H12BrClFN. The van der Waals surface area contributed by atoms with Gasteiger partial charge in [0.25, 0.3) is 0 Å². The van der Waals surface area contributed by atoms with Crippen molar-refractivity contribution in [3.63, 3.8) is 0 Å². The summed E-state index contributed by atoms with van der Waals surface area (Å²) in [4.78, 5) is 0. The smallest absolute Gasteiger partial charge is 0.129 e. The second-order valence-corrected chi connectivity index (χ2v) is 5.36. The van der Waals surface area contributed by atoms with Crippen LogP contribution in [0.25, 0.3) is 0 Å². The summed E-state index contributed by atoms with van der Waals surface area (Å²) in [5.74, 6) is -0.286. The third-order valence-electron chi connectivity index (χ3n) is 2.74. The van der Waals surface area contributed by atoms with E-state index in [0.29, 0.717) is 21.5 Å². The van der Waals surface area contributed by atoms with Crippen LogP contribution in [-0.4, -0.2) is 0 Å². The van der Waals surface area contributed by atoms with Crippen molar-refractivity contribution < 1.29 is 4.39 Å². The lowest BCUT2D eigenvalue weighted by atomic mass is 9.99. The van der Waals surface area contributed by atoms with Gasteiger partial charge in [-0.15, -0.1) is 0 Å². The van der Waals surface area contributed by atoms with Crippen LogP contribution in [0.3, 0.4) is 0 Å². The molecule has 0 aliphatic rings. The predicted molar refractivity (Wildman–Crippen MR) is 76.2 cm³/mol. The molecule has 0 aromatic heterocycles. The zero-order valence-corrected chi connectivity index (χ0v) is 11.9. The summed E-state index contributed by atoms with van der Waals surface area (Å²) in [7, 11) is 0. The average Bonchev–Trinajstić information content (AvgIpc) is 2.32. The fraction of sp³-hybridized carbons (Fsp3) is 0.143. The molecule has 1 atom stereocenters. The van der Waals surface area contributed by atoms with Crippen molar-refractivity contribution >= 4 is 27.5 Å². The van der Waals surface area contributed by atoms with Crippen LogP contribution < -0.4 is 5.73 Å². The Morgan fingerprint density at radius 1 is 1.17 bits per heavy atom. The van der Waals surface area contributed by atoms with E-state index in [1.807, 2.05) is 12.1 Å². The van der Waals surface area contributed by atoms with Crippen LogP contribution in [-0.2, 0) is 6.42 Å². The monoisotopic (exact) mass is 327 g/mol. The van der Waals surface area contributed by atoms with Crippen molar-refractivity contribution in [2.24, 2.45) is 5.73 Å². The third-order valence-corrected chi connectivity index (χ3v) is 3.68. The fourth-order valence-electron chi connectivity index (χ4n) is 1.84. The first-order valence-electron chi connectivity index (χ1n) is 5.52. The van der Waals surface area contributed by atoms with Crippen molar-refractivity contribution in [2.75, 3.05) is 0 Å². The highest BCUT2D eigenvalue weighted by Gasteiger charge is 2.15. The van der Waals surface area contributed by atoms with Gasteiger partial charge in [0.15, 0.2) is 0 Å². The van der Waals surface area contributed by atoms with Crippen LogP contribution in [0.5, 0.6) is 0 Å². The maximum absolute atomic E-state index is 13.7. The van der Waals surface area contributed by atoms with Gasteiger partial charge in [-0.3, -0.25) is 0 Å². The Morgan fingerprint density at radius 2 is 1.83 bits per heavy atom. The van der Waals surface area contributed by atoms with Gasteiger partial charge in [0.2, 0.25) is 0 Å². The van der Waals surface area contributed by atoms with E-state index in [1.54, 1.807) is 24.3 Å². The standard InChI is InChI=1S/C14H12BrClFN/c15-11-2-1-3-12(17)14(11)13(18)8-9-4-6-10(16)7-5-9/h1-7,13H,8,18H2. The molecule has 0 heterocycles. The Hall–Kier alpha value is -0.900. The third kappa shape index (κ3) is 3.10. The van der Waals surface area contributed by atoms with Crippen molar-refractivity contribution in [1.29, 1.82) is 0 Å². The topological polar surface area (TPSA) is 26.0 Å². The van der Waals surface area contributed by atoms with Crippen molar-refractivity contribution in [3.8, 4) is 0 Å². The molecule has 4 heteroatoms. The molecule has 1 unspecified atom stereocenters. The molecule has 0 bridgehead atoms. The van der Waals surface area contributed by atoms with Crippen LogP contribution in [0.15, 0.2) is 46.9 Å². The quantitative estimate of drug-likeness (QED) is 0.883. The number of nitrogens with two attached hydrogens (primary N) is 1. The molecule has 2 aromatic carbocycles. The Labute approximate surface area is 119 Å². The summed E-state index contributed by atoms with van der Waals surface area (Å²) in [6.45, 7) is 0. The van der Waals surface area contributed by atoms with Gasteiger partial charge in [-0.05, 0) is 36.2 Å². The first-order chi connectivity index (χ1) is 8.58. The summed E-state index contributed by atoms with van der Waals surface area (Å²) in [5.41, 5.74) is 7.60. The summed E-state index contributed by atoms with van der Waals surface area (Å²) >= 11 is 9.15. The first-order valence-corrected chi connectivity index (χ1v) is 6.69. The molecule has 18 heavy (non-hydrogen) atoms. The molecule has 0 aliphatic carbocycles. The minimum atomic E-state index is -0.387. The molecule has 0 amide bonds. The van der Waals surface area contributed by atoms with E-state index in [-0.39, 0.29) is 11.9 Å². The highest BCUT2D eigenvalue weighted by molar-refractivity contribution is 9.10. The Kier molecular flexibility index (Phi) is 4.38. The van der Waals surface area contributed by atoms with Crippen molar-refractivity contribution in [2.45, 2.75) is 12.5 Å². The maximum atomic E-state index is 13.7. The van der Waals surface area contributed by atoms with Gasteiger partial charge >= 0.3 is 0 Å². The van der Waals surface area contributed by atoms with E-state index in [2.05, 4.69) is 15.9 Å². The molecule has 0 aliphatic heterocycles. The van der Waals surface area contributed by atoms with Gasteiger partial charge in [-0.25, -0.2) is 4.39 Å². The predicted octanol–water partition coefficient (Wildman–Crippen LogP) is 4.48. The van der Waals surface area contributed by atoms with Crippen LogP contribution in [0, 0.1) is 5.82 Å². The van der Waals surface area contributed by atoms with E-state index >= 15 is 0 Å². The van der Waals surface area contributed by atoms with Crippen LogP contribution in [0.2, 0.25) is 5.02 Å². The molecule has 94 valence electrons. The Morgan fingerprint density at radius 3 is 2.44 bits per heavy atom. The summed E-state index contributed by atoms with van der Waals surface area (Å²) < 4.78 is 14.4. The van der Waals surface area contributed by atoms with Crippen LogP contribution in [0.4, 0.5) is 4.39 Å². The molecule has 0 radical (unpaired) electrons. The van der Waals surface area contributed by atoms with E-state index in [1.165, 1.54) is 6.07 Å². The van der Waals surface area contributed by atoms with Gasteiger partial charge in [0.1, 0.15) is 5.82 Å². The van der Waals surface area contributed by atoms with E-state index in [4.69, 9.17) is 17.3 Å². The number of rotatable bonds is 3. The lowest BCUT2D eigenvalue weighted by molar-refractivity contribution is 0.578. The van der Waals surface area contributed by atoms with Gasteiger partial charge in [0, 0.05) is 21.1 Å². The maximum Gasteiger partial charge on any atom is 0.129 e. The van der Waals surface area contributed by atoms with E-state index in [0.717, 1.165) is 5.56 Å². The molecular weight excluding hydrogens is 317 g/mol. The zero-order valence-electron chi connectivity index (χ0n) is 9.54. The van der Waals surface area contributed by atoms with E-state index < -0.39 is 0 Å². The highest BCUT2D eigenvalue weighted by Crippen LogP contribution is 2.27. The number of hydrogen-bond acceptors (Lipinski definition) is 1. The van der Waals surface area contributed by atoms with E-state index in [9.17, 15) is 4.39 Å². The minimum absolute atomic E-state index is 0.286. The minimum Gasteiger partial charge on any atom is -0.324 e. The van der Waals surface area contributed by atoms with Crippen molar-refractivity contribution in [3.05, 3.63) is 68.9 Å². The lowest BCUT2D eigenvalue weighted by Gasteiger charge is -2.15. The molecule has 2 aromatic rings. The molecule has 1 nitrogen and oxygen atoms in total. The Balaban J connectivity index is 2.22. The highest BCUT2D eigenvalue weighted by atomic mass is 79.9. The number of hydrogen-bond donors (Lipinski definition) is 1. The van der Waals surface area contributed by atoms with Crippen molar-refractivity contribution in [1.82, 2.24) is 0 Å². The SMILES string of the molecule is NC(Cc1ccc(Cl)cc1)c1c(F)cccc1Br. The number of halogens is 3. The zero-order chi connectivity index (χ0) is 13.1. The first kappa shape index (κ1) is 13.5. The lowest BCUT2D eigenvalue weighted by Crippen LogP contribution is -2.15. The summed E-state index contributed by atoms with van der Waals surface area (Å²) in [5, 5.41) is 0.680. The average molecular weight is 329 g/mol. The van der Waals surface area contributed by atoms with Gasteiger partial charge in [-0.2, -0.15) is 0 Å². The molecule has 0 spiro atoms. The Bertz CT molecular complexity index is 522. The summed E-state index contributed by atoms with van der Waals surface area (Å²) in [6.07, 6.45) is 0.566. The summed E-state index contributed by atoms with van der Waals surface area (Å²) in [6, 6.07) is 11.9. The molecule has 0 saturated heterocycles. The normalized spacial score (nSPS) is 12.4. The van der Waals surface area contributed by atoms with Gasteiger partial charge < -0.3 is 5.73 Å². The molecule has 0 fully saturated rings. The van der Waals surface area contributed by atoms with Crippen LogP contribution in [0.1, 0.15) is 17.2 Å². The van der Waals surface area contributed by atoms with Gasteiger partial charge in [-0.1, -0.05) is 45.7 Å². The molecule has 2 N–H and O–H groups in total. The molecule has 2 rings (SSSR count). The second-order valence-electron chi connectivity index (χ2n) is 4.07. The van der Waals surface area contributed by atoms with Gasteiger partial charge in [0.05, 0.1) is 0 Å².